The number of nitrogens with zero attached hydrogens (tertiary/aromatic N) is 1. The third-order valence-corrected chi connectivity index (χ3v) is 1.08. The summed E-state index contributed by atoms with van der Waals surface area (Å²) < 4.78 is 0. The molecule has 0 saturated carbocycles. The average molecular weight is 139 g/mol. The lowest BCUT2D eigenvalue weighted by Crippen LogP contribution is -2.35. The van der Waals surface area contributed by atoms with Crippen LogP contribution in [0.25, 0.3) is 0 Å². The number of nitrogens with two attached hydrogens (primary N) is 1. The Morgan fingerprint density at radius 1 is 1.50 bits per heavy atom. The zero-order valence-electron chi connectivity index (χ0n) is 5.72. The van der Waals surface area contributed by atoms with Gasteiger partial charge in [-0.15, -0.1) is 12.4 Å². The maximum atomic E-state index is 5.54. The van der Waals surface area contributed by atoms with E-state index in [1.165, 1.54) is 0 Å². The molecule has 2 N–H and O–H groups in total. The molecular weight excluding hydrogens is 124 g/mol. The second-order valence-electron chi connectivity index (χ2n) is 1.94. The van der Waals surface area contributed by atoms with Crippen LogP contribution in [0.15, 0.2) is 0 Å². The van der Waals surface area contributed by atoms with Gasteiger partial charge in [0.25, 0.3) is 0 Å². The molecule has 0 heterocycles. The average Bonchev–Trinajstić information content (AvgIpc) is 1.65. The molecule has 0 amide bonds. The monoisotopic (exact) mass is 138 g/mol. The molecule has 0 rings (SSSR count). The van der Waals surface area contributed by atoms with Gasteiger partial charge in [0.1, 0.15) is 0 Å². The number of rotatable bonds is 2. The van der Waals surface area contributed by atoms with Crippen molar-refractivity contribution < 1.29 is 0 Å². The van der Waals surface area contributed by atoms with Gasteiger partial charge in [0.05, 0.1) is 6.17 Å². The number of hydrogen-bond donors (Lipinski definition) is 1. The molecule has 52 valence electrons. The first-order valence-electron chi connectivity index (χ1n) is 2.60. The molecule has 0 bridgehead atoms. The van der Waals surface area contributed by atoms with Crippen LogP contribution >= 0.6 is 12.4 Å². The molecular formula is C5H15ClN2. The third kappa shape index (κ3) is 4.37. The molecule has 2 nitrogen and oxygen atoms in total. The lowest BCUT2D eigenvalue weighted by Gasteiger charge is -2.16. The third-order valence-electron chi connectivity index (χ3n) is 1.08. The van der Waals surface area contributed by atoms with Crippen molar-refractivity contribution in [1.29, 1.82) is 0 Å². The van der Waals surface area contributed by atoms with Crippen molar-refractivity contribution in [3.05, 3.63) is 0 Å². The molecule has 0 aliphatic carbocycles. The molecule has 0 fully saturated rings. The Bertz CT molecular complexity index is 47.7. The Hall–Kier alpha value is 0.210. The van der Waals surface area contributed by atoms with Crippen LogP contribution in [0.1, 0.15) is 13.3 Å². The summed E-state index contributed by atoms with van der Waals surface area (Å²) in [5, 5.41) is 0. The summed E-state index contributed by atoms with van der Waals surface area (Å²) in [6.45, 7) is 2.07. The minimum Gasteiger partial charge on any atom is -0.316 e. The standard InChI is InChI=1S/C5H14N2.ClH/c1-4-5(6)7(2)3;/h5H,4,6H2,1-3H3;1H. The van der Waals surface area contributed by atoms with E-state index < -0.39 is 0 Å². The molecule has 1 unspecified atom stereocenters. The topological polar surface area (TPSA) is 29.3 Å². The lowest BCUT2D eigenvalue weighted by molar-refractivity contribution is 0.293. The fourth-order valence-corrected chi connectivity index (χ4v) is 0.365. The molecule has 0 aromatic heterocycles. The van der Waals surface area contributed by atoms with E-state index >= 15 is 0 Å². The molecule has 1 atom stereocenters. The molecule has 0 saturated heterocycles. The Morgan fingerprint density at radius 3 is 1.88 bits per heavy atom. The van der Waals surface area contributed by atoms with Crippen LogP contribution in [0.3, 0.4) is 0 Å². The van der Waals surface area contributed by atoms with E-state index in [1.807, 2.05) is 19.0 Å². The van der Waals surface area contributed by atoms with Crippen LogP contribution in [-0.4, -0.2) is 25.2 Å². The van der Waals surface area contributed by atoms with Crippen molar-refractivity contribution in [3.63, 3.8) is 0 Å². The number of hydrogen-bond acceptors (Lipinski definition) is 2. The zero-order valence-corrected chi connectivity index (χ0v) is 6.53. The first-order chi connectivity index (χ1) is 3.18. The Labute approximate surface area is 57.5 Å². The largest absolute Gasteiger partial charge is 0.316 e. The van der Waals surface area contributed by atoms with Gasteiger partial charge in [0.2, 0.25) is 0 Å². The fourth-order valence-electron chi connectivity index (χ4n) is 0.365. The molecule has 3 heteroatoms. The highest BCUT2D eigenvalue weighted by molar-refractivity contribution is 5.85. The fraction of sp³-hybridized carbons (Fsp3) is 1.00. The molecule has 0 radical (unpaired) electrons. The lowest BCUT2D eigenvalue weighted by atomic mass is 10.4. The van der Waals surface area contributed by atoms with Crippen molar-refractivity contribution in [3.8, 4) is 0 Å². The predicted molar refractivity (Wildman–Crippen MR) is 39.2 cm³/mol. The van der Waals surface area contributed by atoms with Crippen LogP contribution in [0.2, 0.25) is 0 Å². The first kappa shape index (κ1) is 11.1. The maximum absolute atomic E-state index is 5.54. The summed E-state index contributed by atoms with van der Waals surface area (Å²) in [5.74, 6) is 0. The van der Waals surface area contributed by atoms with Crippen molar-refractivity contribution in [1.82, 2.24) is 4.90 Å². The van der Waals surface area contributed by atoms with Crippen LogP contribution in [0, 0.1) is 0 Å². The van der Waals surface area contributed by atoms with Gasteiger partial charge in [-0.3, -0.25) is 4.90 Å². The molecule has 0 aliphatic heterocycles. The van der Waals surface area contributed by atoms with Crippen molar-refractivity contribution in [2.75, 3.05) is 14.1 Å². The normalized spacial score (nSPS) is 13.1. The highest BCUT2D eigenvalue weighted by Crippen LogP contribution is 1.86. The summed E-state index contributed by atoms with van der Waals surface area (Å²) in [7, 11) is 3.96. The van der Waals surface area contributed by atoms with E-state index in [0.29, 0.717) is 0 Å². The highest BCUT2D eigenvalue weighted by Gasteiger charge is 1.97. The number of halogens is 1. The van der Waals surface area contributed by atoms with E-state index in [0.717, 1.165) is 6.42 Å². The van der Waals surface area contributed by atoms with Gasteiger partial charge < -0.3 is 5.73 Å². The minimum atomic E-state index is 0. The molecule has 0 aromatic carbocycles. The van der Waals surface area contributed by atoms with Crippen molar-refractivity contribution in [2.45, 2.75) is 19.5 Å². The zero-order chi connectivity index (χ0) is 5.86. The van der Waals surface area contributed by atoms with Gasteiger partial charge in [-0.2, -0.15) is 0 Å². The van der Waals surface area contributed by atoms with Gasteiger partial charge in [-0.25, -0.2) is 0 Å². The molecule has 0 aromatic rings. The minimum absolute atomic E-state index is 0. The smallest absolute Gasteiger partial charge is 0.0563 e. The van der Waals surface area contributed by atoms with Crippen LogP contribution in [0.4, 0.5) is 0 Å². The van der Waals surface area contributed by atoms with Crippen LogP contribution in [-0.2, 0) is 0 Å². The Kier molecular flexibility index (Phi) is 7.40. The van der Waals surface area contributed by atoms with Gasteiger partial charge in [-0.05, 0) is 20.5 Å². The van der Waals surface area contributed by atoms with E-state index in [2.05, 4.69) is 6.92 Å². The summed E-state index contributed by atoms with van der Waals surface area (Å²) >= 11 is 0. The molecule has 0 spiro atoms. The van der Waals surface area contributed by atoms with E-state index in [4.69, 9.17) is 5.73 Å². The van der Waals surface area contributed by atoms with E-state index in [-0.39, 0.29) is 18.6 Å². The van der Waals surface area contributed by atoms with Crippen LogP contribution in [0.5, 0.6) is 0 Å². The van der Waals surface area contributed by atoms with Gasteiger partial charge in [0.15, 0.2) is 0 Å². The van der Waals surface area contributed by atoms with Gasteiger partial charge in [0, 0.05) is 0 Å². The van der Waals surface area contributed by atoms with Crippen molar-refractivity contribution >= 4 is 12.4 Å². The predicted octanol–water partition coefficient (Wildman–Crippen LogP) is 0.665. The van der Waals surface area contributed by atoms with Crippen molar-refractivity contribution in [2.24, 2.45) is 5.73 Å². The van der Waals surface area contributed by atoms with E-state index in [9.17, 15) is 0 Å². The first-order valence-corrected chi connectivity index (χ1v) is 2.60. The molecule has 0 aliphatic rings. The Balaban J connectivity index is 0. The Morgan fingerprint density at radius 2 is 1.88 bits per heavy atom. The summed E-state index contributed by atoms with van der Waals surface area (Å²) in [4.78, 5) is 2.00. The second-order valence-corrected chi connectivity index (χ2v) is 1.94. The van der Waals surface area contributed by atoms with Gasteiger partial charge in [-0.1, -0.05) is 6.92 Å². The summed E-state index contributed by atoms with van der Waals surface area (Å²) in [6, 6.07) is 0. The maximum Gasteiger partial charge on any atom is 0.0563 e. The second kappa shape index (κ2) is 5.35. The summed E-state index contributed by atoms with van der Waals surface area (Å²) in [6.07, 6.45) is 1.26. The van der Waals surface area contributed by atoms with Crippen LogP contribution < -0.4 is 5.73 Å². The highest BCUT2D eigenvalue weighted by atomic mass is 35.5. The summed E-state index contributed by atoms with van der Waals surface area (Å²) in [5.41, 5.74) is 5.54. The SMILES string of the molecule is CCC(N)N(C)C.Cl. The van der Waals surface area contributed by atoms with Gasteiger partial charge >= 0.3 is 0 Å². The van der Waals surface area contributed by atoms with E-state index in [1.54, 1.807) is 0 Å². The quantitative estimate of drug-likeness (QED) is 0.569. The molecule has 8 heavy (non-hydrogen) atoms.